The van der Waals surface area contributed by atoms with Crippen LogP contribution in [0.4, 0.5) is 0 Å². The van der Waals surface area contributed by atoms with Gasteiger partial charge in [0.25, 0.3) is 0 Å². The molecule has 1 aliphatic carbocycles. The lowest BCUT2D eigenvalue weighted by atomic mass is 10.0. The van der Waals surface area contributed by atoms with Crippen LogP contribution in [-0.4, -0.2) is 12.1 Å². The number of rotatable bonds is 5. The number of furan rings is 1. The third-order valence-electron chi connectivity index (χ3n) is 4.01. The molecule has 0 spiro atoms. The second-order valence-corrected chi connectivity index (χ2v) is 7.54. The predicted molar refractivity (Wildman–Crippen MR) is 85.8 cm³/mol. The van der Waals surface area contributed by atoms with Gasteiger partial charge in [-0.3, -0.25) is 0 Å². The van der Waals surface area contributed by atoms with E-state index in [-0.39, 0.29) is 5.54 Å². The largest absolute Gasteiger partial charge is 0.461 e. The average Bonchev–Trinajstić information content (AvgIpc) is 2.88. The van der Waals surface area contributed by atoms with Crippen molar-refractivity contribution in [1.82, 2.24) is 5.32 Å². The summed E-state index contributed by atoms with van der Waals surface area (Å²) in [5.74, 6) is 4.14. The first-order valence-corrected chi connectivity index (χ1v) is 7.81. The van der Waals surface area contributed by atoms with Gasteiger partial charge in [0.05, 0.1) is 0 Å². The number of hydrogen-bond donors (Lipinski definition) is 1. The number of nitrogens with one attached hydrogen (secondary N) is 1. The van der Waals surface area contributed by atoms with Gasteiger partial charge in [0.2, 0.25) is 0 Å². The summed E-state index contributed by atoms with van der Waals surface area (Å²) in [6.45, 7) is 14.3. The van der Waals surface area contributed by atoms with E-state index in [1.807, 2.05) is 0 Å². The van der Waals surface area contributed by atoms with Crippen molar-refractivity contribution >= 4 is 6.08 Å². The standard InChI is InChI=1S/C18H29NO/c1-12(2)14(11-19-18(4,5)6)10-15-7-8-17(20-15)16-9-13(16)3/h7-8,10,12-13,16,19H,9,11H2,1-6H3. The van der Waals surface area contributed by atoms with E-state index in [4.69, 9.17) is 4.42 Å². The van der Waals surface area contributed by atoms with Gasteiger partial charge in [0, 0.05) is 18.0 Å². The molecule has 0 aromatic carbocycles. The van der Waals surface area contributed by atoms with E-state index in [2.05, 4.69) is 65.1 Å². The van der Waals surface area contributed by atoms with Gasteiger partial charge < -0.3 is 9.73 Å². The SMILES string of the molecule is CC(C)C(=Cc1ccc(C2CC2C)o1)CNC(C)(C)C. The molecule has 20 heavy (non-hydrogen) atoms. The monoisotopic (exact) mass is 275 g/mol. The predicted octanol–water partition coefficient (Wildman–Crippen LogP) is 4.83. The van der Waals surface area contributed by atoms with E-state index in [0.29, 0.717) is 11.8 Å². The molecule has 0 aliphatic heterocycles. The van der Waals surface area contributed by atoms with Gasteiger partial charge in [-0.2, -0.15) is 0 Å². The zero-order valence-electron chi connectivity index (χ0n) is 13.8. The third kappa shape index (κ3) is 4.24. The maximum absolute atomic E-state index is 5.99. The molecule has 1 aliphatic rings. The van der Waals surface area contributed by atoms with Crippen molar-refractivity contribution in [2.75, 3.05) is 6.54 Å². The molecule has 0 radical (unpaired) electrons. The highest BCUT2D eigenvalue weighted by Crippen LogP contribution is 2.47. The molecule has 0 saturated heterocycles. The van der Waals surface area contributed by atoms with Gasteiger partial charge in [-0.05, 0) is 57.2 Å². The summed E-state index contributed by atoms with van der Waals surface area (Å²) in [5.41, 5.74) is 1.54. The topological polar surface area (TPSA) is 25.2 Å². The van der Waals surface area contributed by atoms with Gasteiger partial charge in [0.1, 0.15) is 11.5 Å². The molecule has 1 aromatic heterocycles. The maximum atomic E-state index is 5.99. The van der Waals surface area contributed by atoms with Gasteiger partial charge in [-0.1, -0.05) is 26.3 Å². The summed E-state index contributed by atoms with van der Waals surface area (Å²) >= 11 is 0. The van der Waals surface area contributed by atoms with Crippen LogP contribution in [0.2, 0.25) is 0 Å². The summed E-state index contributed by atoms with van der Waals surface area (Å²) < 4.78 is 5.99. The van der Waals surface area contributed by atoms with Gasteiger partial charge >= 0.3 is 0 Å². The molecular weight excluding hydrogens is 246 g/mol. The van der Waals surface area contributed by atoms with Gasteiger partial charge in [-0.25, -0.2) is 0 Å². The molecule has 1 N–H and O–H groups in total. The van der Waals surface area contributed by atoms with Gasteiger partial charge in [0.15, 0.2) is 0 Å². The lowest BCUT2D eigenvalue weighted by Gasteiger charge is -2.23. The molecule has 2 unspecified atom stereocenters. The second kappa shape index (κ2) is 5.77. The molecule has 2 rings (SSSR count). The Morgan fingerprint density at radius 3 is 2.55 bits per heavy atom. The lowest BCUT2D eigenvalue weighted by molar-refractivity contribution is 0.436. The molecule has 1 fully saturated rings. The van der Waals surface area contributed by atoms with Crippen LogP contribution in [0.5, 0.6) is 0 Å². The van der Waals surface area contributed by atoms with E-state index >= 15 is 0 Å². The zero-order valence-corrected chi connectivity index (χ0v) is 13.8. The highest BCUT2D eigenvalue weighted by molar-refractivity contribution is 5.49. The van der Waals surface area contributed by atoms with Crippen LogP contribution in [-0.2, 0) is 0 Å². The van der Waals surface area contributed by atoms with Crippen LogP contribution in [0.15, 0.2) is 22.1 Å². The Morgan fingerprint density at radius 2 is 2.05 bits per heavy atom. The van der Waals surface area contributed by atoms with Crippen LogP contribution in [0, 0.1) is 11.8 Å². The Kier molecular flexibility index (Phi) is 4.43. The highest BCUT2D eigenvalue weighted by atomic mass is 16.3. The Balaban J connectivity index is 2.06. The van der Waals surface area contributed by atoms with E-state index in [0.717, 1.165) is 24.0 Å². The summed E-state index contributed by atoms with van der Waals surface area (Å²) in [7, 11) is 0. The van der Waals surface area contributed by atoms with Crippen molar-refractivity contribution < 1.29 is 4.42 Å². The van der Waals surface area contributed by atoms with Gasteiger partial charge in [-0.15, -0.1) is 0 Å². The van der Waals surface area contributed by atoms with E-state index in [1.165, 1.54) is 12.0 Å². The first-order valence-electron chi connectivity index (χ1n) is 7.81. The first-order chi connectivity index (χ1) is 9.26. The molecule has 1 heterocycles. The fourth-order valence-electron chi connectivity index (χ4n) is 2.34. The number of hydrogen-bond acceptors (Lipinski definition) is 2. The van der Waals surface area contributed by atoms with Crippen molar-refractivity contribution in [2.45, 2.75) is 59.4 Å². The summed E-state index contributed by atoms with van der Waals surface area (Å²) in [4.78, 5) is 0. The van der Waals surface area contributed by atoms with Crippen molar-refractivity contribution in [3.63, 3.8) is 0 Å². The van der Waals surface area contributed by atoms with E-state index in [9.17, 15) is 0 Å². The Hall–Kier alpha value is -1.02. The highest BCUT2D eigenvalue weighted by Gasteiger charge is 2.36. The molecule has 112 valence electrons. The molecule has 2 heteroatoms. The quantitative estimate of drug-likeness (QED) is 0.832. The van der Waals surface area contributed by atoms with Crippen molar-refractivity contribution in [2.24, 2.45) is 11.8 Å². The van der Waals surface area contributed by atoms with Crippen molar-refractivity contribution in [1.29, 1.82) is 0 Å². The fourth-order valence-corrected chi connectivity index (χ4v) is 2.34. The zero-order chi connectivity index (χ0) is 14.9. The lowest BCUT2D eigenvalue weighted by Crippen LogP contribution is -2.37. The Morgan fingerprint density at radius 1 is 1.40 bits per heavy atom. The van der Waals surface area contributed by atoms with Crippen LogP contribution in [0.25, 0.3) is 6.08 Å². The minimum atomic E-state index is 0.145. The smallest absolute Gasteiger partial charge is 0.127 e. The van der Waals surface area contributed by atoms with Crippen molar-refractivity contribution in [3.05, 3.63) is 29.2 Å². The van der Waals surface area contributed by atoms with Crippen LogP contribution in [0.3, 0.4) is 0 Å². The summed E-state index contributed by atoms with van der Waals surface area (Å²) in [5, 5.41) is 3.56. The first kappa shape index (κ1) is 15.4. The molecule has 1 saturated carbocycles. The molecule has 0 bridgehead atoms. The molecular formula is C18H29NO. The summed E-state index contributed by atoms with van der Waals surface area (Å²) in [6.07, 6.45) is 3.49. The normalized spacial score (nSPS) is 23.4. The summed E-state index contributed by atoms with van der Waals surface area (Å²) in [6, 6.07) is 4.26. The van der Waals surface area contributed by atoms with Crippen LogP contribution < -0.4 is 5.32 Å². The molecule has 0 amide bonds. The average molecular weight is 275 g/mol. The minimum absolute atomic E-state index is 0.145. The molecule has 2 atom stereocenters. The van der Waals surface area contributed by atoms with E-state index < -0.39 is 0 Å². The van der Waals surface area contributed by atoms with E-state index in [1.54, 1.807) is 0 Å². The molecule has 2 nitrogen and oxygen atoms in total. The third-order valence-corrected chi connectivity index (χ3v) is 4.01. The fraction of sp³-hybridized carbons (Fsp3) is 0.667. The van der Waals surface area contributed by atoms with Crippen molar-refractivity contribution in [3.8, 4) is 0 Å². The van der Waals surface area contributed by atoms with Crippen LogP contribution >= 0.6 is 0 Å². The minimum Gasteiger partial charge on any atom is -0.461 e. The Bertz CT molecular complexity index is 476. The molecule has 1 aromatic rings. The maximum Gasteiger partial charge on any atom is 0.127 e. The van der Waals surface area contributed by atoms with Crippen LogP contribution in [0.1, 0.15) is 65.4 Å². The Labute approximate surface area is 123 Å². The second-order valence-electron chi connectivity index (χ2n) is 7.54.